The Labute approximate surface area is 80.2 Å². The predicted octanol–water partition coefficient (Wildman–Crippen LogP) is 1.41. The molecule has 74 valence electrons. The highest BCUT2D eigenvalue weighted by Crippen LogP contribution is 2.30. The van der Waals surface area contributed by atoms with E-state index < -0.39 is 0 Å². The van der Waals surface area contributed by atoms with Crippen LogP contribution in [0.1, 0.15) is 26.2 Å². The zero-order valence-corrected chi connectivity index (χ0v) is 8.37. The lowest BCUT2D eigenvalue weighted by Crippen LogP contribution is -2.41. The van der Waals surface area contributed by atoms with Gasteiger partial charge in [0.2, 0.25) is 0 Å². The minimum atomic E-state index is -0.261. The molecule has 2 aliphatic rings. The molecule has 2 fully saturated rings. The van der Waals surface area contributed by atoms with Crippen LogP contribution in [0, 0.1) is 5.92 Å². The molecule has 0 saturated carbocycles. The van der Waals surface area contributed by atoms with E-state index in [0.29, 0.717) is 0 Å². The van der Waals surface area contributed by atoms with Gasteiger partial charge >= 0.3 is 0 Å². The number of fused-ring (bicyclic) bond motifs is 2. The molecule has 2 bridgehead atoms. The Morgan fingerprint density at radius 1 is 1.54 bits per heavy atom. The Morgan fingerprint density at radius 3 is 3.15 bits per heavy atom. The van der Waals surface area contributed by atoms with Gasteiger partial charge in [-0.3, -0.25) is 0 Å². The standard InChI is InChI=1S/C11H19NO/c1-9(13)7-10-4-6-12-5-2-3-11(10)8-12/h7,9,11,13H,2-6,8H2,1H3/b10-7-. The van der Waals surface area contributed by atoms with Crippen LogP contribution in [0.2, 0.25) is 0 Å². The molecule has 3 atom stereocenters. The van der Waals surface area contributed by atoms with Crippen LogP contribution in [-0.4, -0.2) is 35.7 Å². The molecule has 2 nitrogen and oxygen atoms in total. The van der Waals surface area contributed by atoms with E-state index in [1.807, 2.05) is 6.92 Å². The lowest BCUT2D eigenvalue weighted by atomic mass is 9.84. The zero-order chi connectivity index (χ0) is 9.26. The van der Waals surface area contributed by atoms with Crippen molar-refractivity contribution < 1.29 is 5.11 Å². The average molecular weight is 181 g/mol. The van der Waals surface area contributed by atoms with Crippen molar-refractivity contribution in [3.8, 4) is 0 Å². The van der Waals surface area contributed by atoms with Gasteiger partial charge in [0.25, 0.3) is 0 Å². The molecule has 3 unspecified atom stereocenters. The Kier molecular flexibility index (Phi) is 2.70. The van der Waals surface area contributed by atoms with Gasteiger partial charge in [-0.1, -0.05) is 11.6 Å². The third-order valence-corrected chi connectivity index (χ3v) is 3.20. The molecule has 0 radical (unpaired) electrons. The minimum Gasteiger partial charge on any atom is -0.389 e. The second-order valence-corrected chi connectivity index (χ2v) is 4.37. The maximum Gasteiger partial charge on any atom is 0.0695 e. The van der Waals surface area contributed by atoms with Crippen LogP contribution in [0.5, 0.6) is 0 Å². The molecule has 0 aromatic rings. The molecule has 13 heavy (non-hydrogen) atoms. The average Bonchev–Trinajstić information content (AvgIpc) is 2.10. The van der Waals surface area contributed by atoms with Gasteiger partial charge in [0.05, 0.1) is 6.10 Å². The summed E-state index contributed by atoms with van der Waals surface area (Å²) in [5.74, 6) is 0.747. The van der Waals surface area contributed by atoms with Crippen LogP contribution in [0.3, 0.4) is 0 Å². The van der Waals surface area contributed by atoms with Gasteiger partial charge < -0.3 is 10.0 Å². The summed E-state index contributed by atoms with van der Waals surface area (Å²) < 4.78 is 0. The molecule has 0 aliphatic carbocycles. The zero-order valence-electron chi connectivity index (χ0n) is 8.37. The lowest BCUT2D eigenvalue weighted by molar-refractivity contribution is 0.159. The van der Waals surface area contributed by atoms with E-state index in [9.17, 15) is 5.11 Å². The number of piperidine rings is 2. The van der Waals surface area contributed by atoms with Gasteiger partial charge in [-0.05, 0) is 38.6 Å². The predicted molar refractivity (Wildman–Crippen MR) is 53.5 cm³/mol. The van der Waals surface area contributed by atoms with Crippen molar-refractivity contribution in [2.24, 2.45) is 5.92 Å². The first-order valence-electron chi connectivity index (χ1n) is 5.36. The summed E-state index contributed by atoms with van der Waals surface area (Å²) in [7, 11) is 0. The van der Waals surface area contributed by atoms with Crippen LogP contribution < -0.4 is 0 Å². The second-order valence-electron chi connectivity index (χ2n) is 4.37. The van der Waals surface area contributed by atoms with Crippen molar-refractivity contribution >= 4 is 0 Å². The van der Waals surface area contributed by atoms with Crippen LogP contribution >= 0.6 is 0 Å². The van der Waals surface area contributed by atoms with Crippen molar-refractivity contribution in [2.45, 2.75) is 32.3 Å². The second kappa shape index (κ2) is 3.81. The minimum absolute atomic E-state index is 0.261. The van der Waals surface area contributed by atoms with Gasteiger partial charge in [0.1, 0.15) is 0 Å². The Bertz CT molecular complexity index is 210. The molecular weight excluding hydrogens is 162 g/mol. The lowest BCUT2D eigenvalue weighted by Gasteiger charge is -2.39. The quantitative estimate of drug-likeness (QED) is 0.618. The third-order valence-electron chi connectivity index (χ3n) is 3.20. The molecule has 2 aliphatic heterocycles. The van der Waals surface area contributed by atoms with E-state index in [4.69, 9.17) is 0 Å². The molecule has 0 aromatic heterocycles. The molecule has 1 N–H and O–H groups in total. The summed E-state index contributed by atoms with van der Waals surface area (Å²) in [6.07, 6.45) is 5.64. The van der Waals surface area contributed by atoms with E-state index in [-0.39, 0.29) is 6.10 Å². The van der Waals surface area contributed by atoms with E-state index >= 15 is 0 Å². The van der Waals surface area contributed by atoms with Gasteiger partial charge in [0.15, 0.2) is 0 Å². The van der Waals surface area contributed by atoms with Crippen LogP contribution in [0.25, 0.3) is 0 Å². The first-order valence-corrected chi connectivity index (χ1v) is 5.36. The molecule has 2 heteroatoms. The van der Waals surface area contributed by atoms with Crippen LogP contribution in [-0.2, 0) is 0 Å². The van der Waals surface area contributed by atoms with Gasteiger partial charge in [-0.25, -0.2) is 0 Å². The molecular formula is C11H19NO. The molecule has 2 saturated heterocycles. The number of nitrogens with zero attached hydrogens (tertiary/aromatic N) is 1. The fourth-order valence-electron chi connectivity index (χ4n) is 2.58. The van der Waals surface area contributed by atoms with E-state index in [1.54, 1.807) is 0 Å². The highest BCUT2D eigenvalue weighted by Gasteiger charge is 2.27. The van der Waals surface area contributed by atoms with Gasteiger partial charge in [-0.2, -0.15) is 0 Å². The summed E-state index contributed by atoms with van der Waals surface area (Å²) in [5.41, 5.74) is 1.51. The van der Waals surface area contributed by atoms with Crippen LogP contribution in [0.15, 0.2) is 11.6 Å². The van der Waals surface area contributed by atoms with Crippen LogP contribution in [0.4, 0.5) is 0 Å². The maximum absolute atomic E-state index is 9.31. The first kappa shape index (κ1) is 9.22. The van der Waals surface area contributed by atoms with Crippen molar-refractivity contribution in [2.75, 3.05) is 19.6 Å². The van der Waals surface area contributed by atoms with Crippen molar-refractivity contribution in [1.82, 2.24) is 4.90 Å². The van der Waals surface area contributed by atoms with Crippen molar-refractivity contribution in [3.63, 3.8) is 0 Å². The van der Waals surface area contributed by atoms with E-state index in [0.717, 1.165) is 5.92 Å². The largest absolute Gasteiger partial charge is 0.389 e. The highest BCUT2D eigenvalue weighted by atomic mass is 16.3. The smallest absolute Gasteiger partial charge is 0.0695 e. The fraction of sp³-hybridized carbons (Fsp3) is 0.818. The third kappa shape index (κ3) is 2.12. The van der Waals surface area contributed by atoms with E-state index in [2.05, 4.69) is 11.0 Å². The topological polar surface area (TPSA) is 23.5 Å². The normalized spacial score (nSPS) is 39.1. The number of hydrogen-bond donors (Lipinski definition) is 1. The summed E-state index contributed by atoms with van der Waals surface area (Å²) >= 11 is 0. The maximum atomic E-state index is 9.31. The Morgan fingerprint density at radius 2 is 2.38 bits per heavy atom. The summed E-state index contributed by atoms with van der Waals surface area (Å²) in [4.78, 5) is 2.55. The van der Waals surface area contributed by atoms with Gasteiger partial charge in [0, 0.05) is 13.1 Å². The molecule has 0 aromatic carbocycles. The first-order chi connectivity index (χ1) is 6.25. The summed E-state index contributed by atoms with van der Waals surface area (Å²) in [5, 5.41) is 9.31. The molecule has 0 spiro atoms. The highest BCUT2D eigenvalue weighted by molar-refractivity contribution is 5.13. The van der Waals surface area contributed by atoms with Crippen molar-refractivity contribution in [3.05, 3.63) is 11.6 Å². The van der Waals surface area contributed by atoms with Crippen molar-refractivity contribution in [1.29, 1.82) is 0 Å². The fourth-order valence-corrected chi connectivity index (χ4v) is 2.58. The Balaban J connectivity index is 2.05. The number of aliphatic hydroxyl groups excluding tert-OH is 1. The molecule has 2 heterocycles. The summed E-state index contributed by atoms with van der Waals surface area (Å²) in [6, 6.07) is 0. The van der Waals surface area contributed by atoms with E-state index in [1.165, 1.54) is 44.5 Å². The van der Waals surface area contributed by atoms with Gasteiger partial charge in [-0.15, -0.1) is 0 Å². The monoisotopic (exact) mass is 181 g/mol. The SMILES string of the molecule is CC(O)/C=C1/CCN2CCCC1C2. The number of aliphatic hydroxyl groups is 1. The molecule has 0 amide bonds. The number of hydrogen-bond acceptors (Lipinski definition) is 2. The Hall–Kier alpha value is -0.340. The number of rotatable bonds is 1. The molecule has 2 rings (SSSR count). The summed E-state index contributed by atoms with van der Waals surface area (Å²) in [6.45, 7) is 5.58.